The summed E-state index contributed by atoms with van der Waals surface area (Å²) in [5, 5.41) is 5.95. The lowest BCUT2D eigenvalue weighted by molar-refractivity contribution is 0.462. The van der Waals surface area contributed by atoms with Gasteiger partial charge in [0.15, 0.2) is 0 Å². The number of nitrogens with two attached hydrogens (primary N) is 1. The minimum absolute atomic E-state index is 0.682. The van der Waals surface area contributed by atoms with Gasteiger partial charge in [0.2, 0.25) is 0 Å². The number of benzene rings is 2. The Balaban J connectivity index is 2.12. The zero-order chi connectivity index (χ0) is 11.7. The molecule has 0 saturated carbocycles. The van der Waals surface area contributed by atoms with Gasteiger partial charge in [0.1, 0.15) is 0 Å². The van der Waals surface area contributed by atoms with Crippen LogP contribution in [0.4, 0.5) is 5.69 Å². The standard InChI is InChI=1S/C15H18N2/c16-15-6-5-12(11-7-9-17-10-8-11)13-3-1-2-4-14(13)15/h1-6,11,17H,7-10,16H2. The number of hydrogen-bond acceptors (Lipinski definition) is 2. The summed E-state index contributed by atoms with van der Waals surface area (Å²) >= 11 is 0. The van der Waals surface area contributed by atoms with Gasteiger partial charge in [-0.3, -0.25) is 0 Å². The van der Waals surface area contributed by atoms with E-state index in [1.807, 2.05) is 0 Å². The zero-order valence-corrected chi connectivity index (χ0v) is 9.95. The van der Waals surface area contributed by atoms with E-state index in [1.54, 1.807) is 0 Å². The summed E-state index contributed by atoms with van der Waals surface area (Å²) in [6.45, 7) is 2.26. The molecule has 3 rings (SSSR count). The zero-order valence-electron chi connectivity index (χ0n) is 9.95. The van der Waals surface area contributed by atoms with E-state index in [9.17, 15) is 0 Å². The smallest absolute Gasteiger partial charge is 0.0393 e. The first-order valence-corrected chi connectivity index (χ1v) is 6.34. The third-order valence-corrected chi connectivity index (χ3v) is 3.77. The lowest BCUT2D eigenvalue weighted by Gasteiger charge is -2.24. The van der Waals surface area contributed by atoms with Crippen molar-refractivity contribution in [3.05, 3.63) is 42.0 Å². The molecule has 0 radical (unpaired) electrons. The van der Waals surface area contributed by atoms with E-state index < -0.39 is 0 Å². The number of anilines is 1. The van der Waals surface area contributed by atoms with Gasteiger partial charge in [0.25, 0.3) is 0 Å². The minimum Gasteiger partial charge on any atom is -0.398 e. The molecule has 2 nitrogen and oxygen atoms in total. The topological polar surface area (TPSA) is 38.0 Å². The normalized spacial score (nSPS) is 17.4. The van der Waals surface area contributed by atoms with Gasteiger partial charge in [-0.15, -0.1) is 0 Å². The van der Waals surface area contributed by atoms with E-state index in [2.05, 4.69) is 41.7 Å². The van der Waals surface area contributed by atoms with Gasteiger partial charge >= 0.3 is 0 Å². The van der Waals surface area contributed by atoms with Crippen molar-refractivity contribution >= 4 is 16.5 Å². The maximum absolute atomic E-state index is 6.04. The first kappa shape index (κ1) is 10.6. The fraction of sp³-hybridized carbons (Fsp3) is 0.333. The Kier molecular flexibility index (Phi) is 2.73. The van der Waals surface area contributed by atoms with E-state index in [1.165, 1.54) is 29.2 Å². The minimum atomic E-state index is 0.682. The maximum Gasteiger partial charge on any atom is 0.0393 e. The Morgan fingerprint density at radius 2 is 1.65 bits per heavy atom. The largest absolute Gasteiger partial charge is 0.398 e. The van der Waals surface area contributed by atoms with E-state index in [4.69, 9.17) is 5.73 Å². The molecule has 1 saturated heterocycles. The molecule has 3 N–H and O–H groups in total. The third kappa shape index (κ3) is 1.89. The van der Waals surface area contributed by atoms with E-state index in [0.29, 0.717) is 5.92 Å². The highest BCUT2D eigenvalue weighted by molar-refractivity contribution is 5.95. The van der Waals surface area contributed by atoms with Crippen LogP contribution in [-0.4, -0.2) is 13.1 Å². The molecular weight excluding hydrogens is 208 g/mol. The summed E-state index contributed by atoms with van der Waals surface area (Å²) in [6.07, 6.45) is 2.46. The van der Waals surface area contributed by atoms with Crippen molar-refractivity contribution in [2.75, 3.05) is 18.8 Å². The van der Waals surface area contributed by atoms with Crippen molar-refractivity contribution in [2.24, 2.45) is 0 Å². The van der Waals surface area contributed by atoms with E-state index in [0.717, 1.165) is 18.8 Å². The molecule has 0 atom stereocenters. The van der Waals surface area contributed by atoms with Crippen molar-refractivity contribution in [3.8, 4) is 0 Å². The number of nitrogens with one attached hydrogen (secondary N) is 1. The van der Waals surface area contributed by atoms with Gasteiger partial charge in [-0.05, 0) is 48.9 Å². The van der Waals surface area contributed by atoms with Crippen LogP contribution in [0.15, 0.2) is 36.4 Å². The summed E-state index contributed by atoms with van der Waals surface area (Å²) in [6, 6.07) is 12.8. The Bertz CT molecular complexity index is 527. The molecule has 1 fully saturated rings. The second-order valence-corrected chi connectivity index (χ2v) is 4.81. The Morgan fingerprint density at radius 1 is 0.941 bits per heavy atom. The number of hydrogen-bond donors (Lipinski definition) is 2. The third-order valence-electron chi connectivity index (χ3n) is 3.77. The molecule has 1 heterocycles. The van der Waals surface area contributed by atoms with Gasteiger partial charge in [-0.1, -0.05) is 30.3 Å². The quantitative estimate of drug-likeness (QED) is 0.734. The van der Waals surface area contributed by atoms with Crippen LogP contribution >= 0.6 is 0 Å². The van der Waals surface area contributed by atoms with Crippen LogP contribution in [0.5, 0.6) is 0 Å². The SMILES string of the molecule is Nc1ccc(C2CCNCC2)c2ccccc12. The van der Waals surface area contributed by atoms with Crippen LogP contribution in [0.25, 0.3) is 10.8 Å². The monoisotopic (exact) mass is 226 g/mol. The average molecular weight is 226 g/mol. The van der Waals surface area contributed by atoms with Crippen molar-refractivity contribution in [1.82, 2.24) is 5.32 Å². The predicted molar refractivity (Wildman–Crippen MR) is 73.2 cm³/mol. The van der Waals surface area contributed by atoms with E-state index >= 15 is 0 Å². The highest BCUT2D eigenvalue weighted by atomic mass is 14.9. The summed E-state index contributed by atoms with van der Waals surface area (Å²) in [5.74, 6) is 0.682. The van der Waals surface area contributed by atoms with E-state index in [-0.39, 0.29) is 0 Å². The summed E-state index contributed by atoms with van der Waals surface area (Å²) in [4.78, 5) is 0. The lowest BCUT2D eigenvalue weighted by Crippen LogP contribution is -2.26. The molecule has 0 bridgehead atoms. The van der Waals surface area contributed by atoms with Crippen molar-refractivity contribution < 1.29 is 0 Å². The number of piperidine rings is 1. The number of fused-ring (bicyclic) bond motifs is 1. The van der Waals surface area contributed by atoms with Crippen LogP contribution in [0.3, 0.4) is 0 Å². The van der Waals surface area contributed by atoms with Gasteiger partial charge in [0.05, 0.1) is 0 Å². The summed E-state index contributed by atoms with van der Waals surface area (Å²) in [5.41, 5.74) is 8.40. The molecule has 1 aliphatic rings. The summed E-state index contributed by atoms with van der Waals surface area (Å²) in [7, 11) is 0. The molecular formula is C15H18N2. The predicted octanol–water partition coefficient (Wildman–Crippen LogP) is 2.89. The second kappa shape index (κ2) is 4.38. The van der Waals surface area contributed by atoms with Crippen LogP contribution in [0.1, 0.15) is 24.3 Å². The highest BCUT2D eigenvalue weighted by Crippen LogP contribution is 2.33. The van der Waals surface area contributed by atoms with Gasteiger partial charge in [-0.2, -0.15) is 0 Å². The Hall–Kier alpha value is -1.54. The van der Waals surface area contributed by atoms with Gasteiger partial charge in [0, 0.05) is 11.1 Å². The molecule has 0 amide bonds. The molecule has 17 heavy (non-hydrogen) atoms. The number of nitrogen functional groups attached to an aromatic ring is 1. The lowest BCUT2D eigenvalue weighted by atomic mass is 9.86. The molecule has 2 aromatic carbocycles. The van der Waals surface area contributed by atoms with Crippen LogP contribution in [0.2, 0.25) is 0 Å². The molecule has 88 valence electrons. The van der Waals surface area contributed by atoms with Crippen LogP contribution < -0.4 is 11.1 Å². The summed E-state index contributed by atoms with van der Waals surface area (Å²) < 4.78 is 0. The van der Waals surface area contributed by atoms with Gasteiger partial charge < -0.3 is 11.1 Å². The maximum atomic E-state index is 6.04. The molecule has 1 aliphatic heterocycles. The molecule has 2 aromatic rings. The Morgan fingerprint density at radius 3 is 2.41 bits per heavy atom. The van der Waals surface area contributed by atoms with Crippen LogP contribution in [0, 0.1) is 0 Å². The van der Waals surface area contributed by atoms with Crippen molar-refractivity contribution in [1.29, 1.82) is 0 Å². The first-order chi connectivity index (χ1) is 8.36. The average Bonchev–Trinajstić information content (AvgIpc) is 2.41. The van der Waals surface area contributed by atoms with Gasteiger partial charge in [-0.25, -0.2) is 0 Å². The fourth-order valence-corrected chi connectivity index (χ4v) is 2.83. The Labute approximate surface area is 102 Å². The molecule has 0 unspecified atom stereocenters. The fourth-order valence-electron chi connectivity index (χ4n) is 2.83. The number of rotatable bonds is 1. The second-order valence-electron chi connectivity index (χ2n) is 4.81. The van der Waals surface area contributed by atoms with Crippen molar-refractivity contribution in [2.45, 2.75) is 18.8 Å². The molecule has 0 spiro atoms. The highest BCUT2D eigenvalue weighted by Gasteiger charge is 2.17. The van der Waals surface area contributed by atoms with Crippen molar-refractivity contribution in [3.63, 3.8) is 0 Å². The van der Waals surface area contributed by atoms with Crippen LogP contribution in [-0.2, 0) is 0 Å². The molecule has 2 heteroatoms. The molecule has 0 aliphatic carbocycles. The molecule has 0 aromatic heterocycles. The first-order valence-electron chi connectivity index (χ1n) is 6.34.